The van der Waals surface area contributed by atoms with E-state index in [0.717, 1.165) is 11.8 Å². The number of amides is 2. The van der Waals surface area contributed by atoms with E-state index in [1.165, 1.54) is 44.6 Å². The molecule has 1 aromatic heterocycles. The standard InChI is InChI=1S/C24H22ClN3O7S/c1-34-21-10-6-17(25)13-19(21)23(30)26-12-11-15-3-7-18(8-4-15)36(32,33)28-22(29)16-5-9-20(27-14-16)24(31)35-2/h3-10,13-14H,11-12H2,1-2H3,(H,26,30)(H,28,29). The van der Waals surface area contributed by atoms with Crippen LogP contribution in [0.3, 0.4) is 0 Å². The topological polar surface area (TPSA) is 141 Å². The number of rotatable bonds is 9. The molecule has 0 atom stereocenters. The van der Waals surface area contributed by atoms with Gasteiger partial charge in [-0.25, -0.2) is 22.9 Å². The van der Waals surface area contributed by atoms with Crippen LogP contribution in [-0.2, 0) is 21.2 Å². The molecule has 0 aliphatic rings. The lowest BCUT2D eigenvalue weighted by Crippen LogP contribution is -2.30. The van der Waals surface area contributed by atoms with Gasteiger partial charge in [0.1, 0.15) is 11.4 Å². The largest absolute Gasteiger partial charge is 0.496 e. The molecule has 36 heavy (non-hydrogen) atoms. The van der Waals surface area contributed by atoms with Gasteiger partial charge in [0.05, 0.1) is 30.2 Å². The molecule has 0 saturated heterocycles. The van der Waals surface area contributed by atoms with E-state index in [-0.39, 0.29) is 28.6 Å². The molecule has 12 heteroatoms. The molecule has 3 rings (SSSR count). The van der Waals surface area contributed by atoms with Gasteiger partial charge in [-0.3, -0.25) is 9.59 Å². The number of pyridine rings is 1. The number of carbonyl (C=O) groups excluding carboxylic acids is 3. The molecule has 0 spiro atoms. The fraction of sp³-hybridized carbons (Fsp3) is 0.167. The van der Waals surface area contributed by atoms with E-state index in [4.69, 9.17) is 16.3 Å². The average Bonchev–Trinajstić information content (AvgIpc) is 2.88. The Balaban J connectivity index is 1.58. The van der Waals surface area contributed by atoms with Gasteiger partial charge >= 0.3 is 5.97 Å². The summed E-state index contributed by atoms with van der Waals surface area (Å²) < 4.78 is 36.8. The summed E-state index contributed by atoms with van der Waals surface area (Å²) in [5, 5.41) is 3.17. The highest BCUT2D eigenvalue weighted by atomic mass is 35.5. The quantitative estimate of drug-likeness (QED) is 0.401. The molecule has 0 aliphatic carbocycles. The molecule has 3 aromatic rings. The molecule has 1 heterocycles. The molecule has 0 fully saturated rings. The molecule has 188 valence electrons. The summed E-state index contributed by atoms with van der Waals surface area (Å²) in [6.45, 7) is 0.284. The zero-order valence-corrected chi connectivity index (χ0v) is 20.9. The summed E-state index contributed by atoms with van der Waals surface area (Å²) in [6, 6.07) is 13.1. The Morgan fingerprint density at radius 1 is 0.972 bits per heavy atom. The van der Waals surface area contributed by atoms with E-state index in [1.807, 2.05) is 4.72 Å². The van der Waals surface area contributed by atoms with Crippen molar-refractivity contribution in [2.45, 2.75) is 11.3 Å². The van der Waals surface area contributed by atoms with E-state index < -0.39 is 21.9 Å². The molecule has 0 saturated carbocycles. The second-order valence-corrected chi connectivity index (χ2v) is 9.47. The number of sulfonamides is 1. The van der Waals surface area contributed by atoms with Crippen LogP contribution in [0.5, 0.6) is 5.75 Å². The summed E-state index contributed by atoms with van der Waals surface area (Å²) in [6.07, 6.45) is 1.51. The number of ether oxygens (including phenoxy) is 2. The number of methoxy groups -OCH3 is 2. The minimum atomic E-state index is -4.15. The van der Waals surface area contributed by atoms with E-state index in [9.17, 15) is 22.8 Å². The fourth-order valence-corrected chi connectivity index (χ4v) is 4.25. The number of hydrogen-bond acceptors (Lipinski definition) is 8. The first kappa shape index (κ1) is 26.6. The number of nitrogens with zero attached hydrogens (tertiary/aromatic N) is 1. The van der Waals surface area contributed by atoms with Gasteiger partial charge in [-0.05, 0) is 54.4 Å². The van der Waals surface area contributed by atoms with Gasteiger partial charge in [-0.1, -0.05) is 23.7 Å². The molecule has 2 N–H and O–H groups in total. The monoisotopic (exact) mass is 531 g/mol. The lowest BCUT2D eigenvalue weighted by molar-refractivity contribution is 0.0593. The highest BCUT2D eigenvalue weighted by Gasteiger charge is 2.20. The lowest BCUT2D eigenvalue weighted by Gasteiger charge is -2.10. The van der Waals surface area contributed by atoms with E-state index in [1.54, 1.807) is 24.3 Å². The van der Waals surface area contributed by atoms with Crippen LogP contribution >= 0.6 is 11.6 Å². The second kappa shape index (κ2) is 11.6. The zero-order valence-electron chi connectivity index (χ0n) is 19.3. The number of nitrogens with one attached hydrogen (secondary N) is 2. The molecule has 10 nitrogen and oxygen atoms in total. The minimum absolute atomic E-state index is 0.0182. The van der Waals surface area contributed by atoms with E-state index in [0.29, 0.717) is 22.8 Å². The Labute approximate surface area is 212 Å². The first-order chi connectivity index (χ1) is 17.1. The molecular formula is C24H22ClN3O7S. The van der Waals surface area contributed by atoms with Crippen molar-refractivity contribution in [2.75, 3.05) is 20.8 Å². The van der Waals surface area contributed by atoms with Crippen molar-refractivity contribution < 1.29 is 32.3 Å². The van der Waals surface area contributed by atoms with Crippen LogP contribution < -0.4 is 14.8 Å². The number of hydrogen-bond donors (Lipinski definition) is 2. The first-order valence-corrected chi connectivity index (χ1v) is 12.3. The smallest absolute Gasteiger partial charge is 0.356 e. The molecule has 0 bridgehead atoms. The SMILES string of the molecule is COC(=O)c1ccc(C(=O)NS(=O)(=O)c2ccc(CCNC(=O)c3cc(Cl)ccc3OC)cc2)cn1. The molecular weight excluding hydrogens is 510 g/mol. The van der Waals surface area contributed by atoms with Crippen molar-refractivity contribution in [2.24, 2.45) is 0 Å². The number of esters is 1. The third-order valence-electron chi connectivity index (χ3n) is 4.99. The summed E-state index contributed by atoms with van der Waals surface area (Å²) in [4.78, 5) is 39.9. The average molecular weight is 532 g/mol. The van der Waals surface area contributed by atoms with Gasteiger partial charge in [0.15, 0.2) is 0 Å². The number of halogens is 1. The minimum Gasteiger partial charge on any atom is -0.496 e. The Hall–Kier alpha value is -3.96. The van der Waals surface area contributed by atoms with Crippen molar-refractivity contribution in [3.05, 3.63) is 88.2 Å². The maximum Gasteiger partial charge on any atom is 0.356 e. The second-order valence-electron chi connectivity index (χ2n) is 7.35. The van der Waals surface area contributed by atoms with Crippen molar-refractivity contribution in [3.63, 3.8) is 0 Å². The van der Waals surface area contributed by atoms with Gasteiger partial charge in [0.2, 0.25) is 0 Å². The molecule has 0 aliphatic heterocycles. The maximum absolute atomic E-state index is 12.6. The molecule has 0 unspecified atom stereocenters. The first-order valence-electron chi connectivity index (χ1n) is 10.5. The van der Waals surface area contributed by atoms with Crippen molar-refractivity contribution in [1.29, 1.82) is 0 Å². The van der Waals surface area contributed by atoms with Crippen LogP contribution in [-0.4, -0.2) is 51.9 Å². The van der Waals surface area contributed by atoms with Gasteiger partial charge < -0.3 is 14.8 Å². The van der Waals surface area contributed by atoms with Crippen LogP contribution in [0.25, 0.3) is 0 Å². The highest BCUT2D eigenvalue weighted by Crippen LogP contribution is 2.22. The summed E-state index contributed by atoms with van der Waals surface area (Å²) in [7, 11) is -1.51. The third-order valence-corrected chi connectivity index (χ3v) is 6.57. The van der Waals surface area contributed by atoms with Crippen molar-refractivity contribution in [1.82, 2.24) is 15.0 Å². The molecule has 0 radical (unpaired) electrons. The van der Waals surface area contributed by atoms with Crippen LogP contribution in [0.1, 0.15) is 36.8 Å². The van der Waals surface area contributed by atoms with Crippen molar-refractivity contribution in [3.8, 4) is 5.75 Å². The van der Waals surface area contributed by atoms with Crippen LogP contribution in [0.2, 0.25) is 5.02 Å². The molecule has 2 aromatic carbocycles. The normalized spacial score (nSPS) is 10.9. The van der Waals surface area contributed by atoms with Crippen LogP contribution in [0.15, 0.2) is 65.7 Å². The fourth-order valence-electron chi connectivity index (χ4n) is 3.10. The Morgan fingerprint density at radius 3 is 2.31 bits per heavy atom. The van der Waals surface area contributed by atoms with Gasteiger partial charge in [-0.15, -0.1) is 0 Å². The predicted molar refractivity (Wildman–Crippen MR) is 131 cm³/mol. The molecule has 2 amide bonds. The van der Waals surface area contributed by atoms with Crippen molar-refractivity contribution >= 4 is 39.4 Å². The number of aromatic nitrogens is 1. The number of benzene rings is 2. The van der Waals surface area contributed by atoms with Gasteiger partial charge in [0, 0.05) is 17.8 Å². The van der Waals surface area contributed by atoms with E-state index in [2.05, 4.69) is 15.0 Å². The highest BCUT2D eigenvalue weighted by molar-refractivity contribution is 7.90. The van der Waals surface area contributed by atoms with E-state index >= 15 is 0 Å². The summed E-state index contributed by atoms with van der Waals surface area (Å²) >= 11 is 5.96. The van der Waals surface area contributed by atoms with Crippen LogP contribution in [0.4, 0.5) is 0 Å². The maximum atomic E-state index is 12.6. The van der Waals surface area contributed by atoms with Gasteiger partial charge in [-0.2, -0.15) is 0 Å². The number of carbonyl (C=O) groups is 3. The Morgan fingerprint density at radius 2 is 1.69 bits per heavy atom. The zero-order chi connectivity index (χ0) is 26.3. The lowest BCUT2D eigenvalue weighted by atomic mass is 10.1. The third kappa shape index (κ3) is 6.58. The Bertz CT molecular complexity index is 1380. The van der Waals surface area contributed by atoms with Crippen LogP contribution in [0, 0.1) is 0 Å². The summed E-state index contributed by atoms with van der Waals surface area (Å²) in [5.41, 5.74) is 1.00. The predicted octanol–water partition coefficient (Wildman–Crippen LogP) is 2.62. The van der Waals surface area contributed by atoms with Gasteiger partial charge in [0.25, 0.3) is 21.8 Å². The Kier molecular flexibility index (Phi) is 8.62. The summed E-state index contributed by atoms with van der Waals surface area (Å²) in [5.74, 6) is -1.55.